The smallest absolute Gasteiger partial charge is 0.327 e. The fourth-order valence-electron chi connectivity index (χ4n) is 3.06. The molecule has 2 aromatic rings. The second-order valence-corrected chi connectivity index (χ2v) is 6.70. The number of carbonyl (C=O) groups is 1. The van der Waals surface area contributed by atoms with Gasteiger partial charge in [0.1, 0.15) is 11.3 Å². The van der Waals surface area contributed by atoms with Gasteiger partial charge in [-0.3, -0.25) is 19.6 Å². The first-order chi connectivity index (χ1) is 11.4. The lowest BCUT2D eigenvalue weighted by atomic mass is 9.81. The second kappa shape index (κ2) is 8.66. The summed E-state index contributed by atoms with van der Waals surface area (Å²) < 4.78 is 0. The minimum Gasteiger partial charge on any atom is -0.350 e. The molecule has 3 rings (SSSR count). The van der Waals surface area contributed by atoms with Crippen LogP contribution in [-0.2, 0) is 0 Å². The van der Waals surface area contributed by atoms with Crippen molar-refractivity contribution in [1.29, 1.82) is 0 Å². The van der Waals surface area contributed by atoms with Crippen LogP contribution in [0.1, 0.15) is 35.8 Å². The Balaban J connectivity index is 0.00000169. The van der Waals surface area contributed by atoms with Crippen molar-refractivity contribution >= 4 is 41.8 Å². The third-order valence-electron chi connectivity index (χ3n) is 4.62. The Hall–Kier alpha value is -1.90. The molecule has 1 aliphatic heterocycles. The second-order valence-electron chi connectivity index (χ2n) is 6.70. The first-order valence-electron chi connectivity index (χ1n) is 8.01. The van der Waals surface area contributed by atoms with E-state index >= 15 is 0 Å². The molecule has 0 radical (unpaired) electrons. The van der Waals surface area contributed by atoms with E-state index in [9.17, 15) is 14.4 Å². The molecule has 0 unspecified atom stereocenters. The van der Waals surface area contributed by atoms with E-state index in [0.717, 1.165) is 25.9 Å². The molecule has 0 aliphatic carbocycles. The van der Waals surface area contributed by atoms with Gasteiger partial charge in [0.2, 0.25) is 0 Å². The van der Waals surface area contributed by atoms with Crippen LogP contribution in [0, 0.1) is 12.3 Å². The van der Waals surface area contributed by atoms with E-state index < -0.39 is 11.2 Å². The lowest BCUT2D eigenvalue weighted by Gasteiger charge is -2.34. The number of hydrogen-bond acceptors (Lipinski definition) is 5. The highest BCUT2D eigenvalue weighted by Gasteiger charge is 2.27. The predicted octanol–water partition coefficient (Wildman–Crippen LogP) is 0.883. The van der Waals surface area contributed by atoms with Crippen molar-refractivity contribution in [2.45, 2.75) is 26.7 Å². The Kier molecular flexibility index (Phi) is 7.37. The standard InChI is InChI=1S/C16H21N5O3.2ClH/c1-9-7-10(19-12-11(9)14(23)21-15(24)20-12)13(22)18-8-16(2)3-5-17-6-4-16;;/h7,17H,3-6,8H2,1-2H3,(H,18,22)(H2,19,20,21,23,24);2*1H. The summed E-state index contributed by atoms with van der Waals surface area (Å²) in [5.41, 5.74) is -0.165. The zero-order chi connectivity index (χ0) is 17.3. The molecule has 1 amide bonds. The van der Waals surface area contributed by atoms with Gasteiger partial charge in [-0.05, 0) is 49.9 Å². The summed E-state index contributed by atoms with van der Waals surface area (Å²) >= 11 is 0. The number of aryl methyl sites for hydroxylation is 1. The van der Waals surface area contributed by atoms with Gasteiger partial charge < -0.3 is 10.6 Å². The van der Waals surface area contributed by atoms with E-state index in [1.165, 1.54) is 0 Å². The third-order valence-corrected chi connectivity index (χ3v) is 4.62. The molecule has 0 aromatic carbocycles. The number of aromatic amines is 2. The van der Waals surface area contributed by atoms with E-state index in [4.69, 9.17) is 0 Å². The van der Waals surface area contributed by atoms with E-state index in [2.05, 4.69) is 32.5 Å². The van der Waals surface area contributed by atoms with E-state index in [1.54, 1.807) is 13.0 Å². The van der Waals surface area contributed by atoms with Crippen LogP contribution in [0.4, 0.5) is 0 Å². The molecule has 0 spiro atoms. The first-order valence-corrected chi connectivity index (χ1v) is 8.01. The van der Waals surface area contributed by atoms with Crippen molar-refractivity contribution in [3.63, 3.8) is 0 Å². The SMILES string of the molecule is Cc1cc(C(=O)NCC2(C)CCNCC2)nc2[nH]c(=O)[nH]c(=O)c12.Cl.Cl. The molecule has 1 aliphatic rings. The van der Waals surface area contributed by atoms with Gasteiger partial charge in [0.15, 0.2) is 0 Å². The van der Waals surface area contributed by atoms with Gasteiger partial charge in [-0.2, -0.15) is 0 Å². The maximum absolute atomic E-state index is 12.4. The van der Waals surface area contributed by atoms with Crippen LogP contribution in [-0.4, -0.2) is 40.5 Å². The summed E-state index contributed by atoms with van der Waals surface area (Å²) in [7, 11) is 0. The number of hydrogen-bond donors (Lipinski definition) is 4. The fraction of sp³-hybridized carbons (Fsp3) is 0.500. The lowest BCUT2D eigenvalue weighted by molar-refractivity contribution is 0.0917. The fourth-order valence-corrected chi connectivity index (χ4v) is 3.06. The first kappa shape index (κ1) is 22.1. The molecule has 144 valence electrons. The topological polar surface area (TPSA) is 120 Å². The number of nitrogens with one attached hydrogen (secondary N) is 4. The summed E-state index contributed by atoms with van der Waals surface area (Å²) in [5, 5.41) is 6.52. The average Bonchev–Trinajstić information content (AvgIpc) is 2.52. The Morgan fingerprint density at radius 1 is 1.23 bits per heavy atom. The Morgan fingerprint density at radius 2 is 1.88 bits per heavy atom. The molecule has 26 heavy (non-hydrogen) atoms. The summed E-state index contributed by atoms with van der Waals surface area (Å²) in [6.07, 6.45) is 2.00. The van der Waals surface area contributed by atoms with E-state index in [-0.39, 0.29) is 52.9 Å². The highest BCUT2D eigenvalue weighted by Crippen LogP contribution is 2.26. The van der Waals surface area contributed by atoms with Gasteiger partial charge in [-0.25, -0.2) is 9.78 Å². The van der Waals surface area contributed by atoms with E-state index in [0.29, 0.717) is 12.1 Å². The van der Waals surface area contributed by atoms with E-state index in [1.807, 2.05) is 0 Å². The third kappa shape index (κ3) is 4.63. The number of fused-ring (bicyclic) bond motifs is 1. The number of aromatic nitrogens is 3. The molecular formula is C16H23Cl2N5O3. The number of amides is 1. The molecule has 1 fully saturated rings. The zero-order valence-corrected chi connectivity index (χ0v) is 16.2. The molecule has 3 heterocycles. The minimum atomic E-state index is -0.640. The normalized spacial score (nSPS) is 15.6. The monoisotopic (exact) mass is 403 g/mol. The Morgan fingerprint density at radius 3 is 2.54 bits per heavy atom. The zero-order valence-electron chi connectivity index (χ0n) is 14.6. The molecular weight excluding hydrogens is 381 g/mol. The number of halogens is 2. The maximum atomic E-state index is 12.4. The quantitative estimate of drug-likeness (QED) is 0.606. The maximum Gasteiger partial charge on any atom is 0.327 e. The molecule has 0 atom stereocenters. The van der Waals surface area contributed by atoms with Crippen molar-refractivity contribution in [2.24, 2.45) is 5.41 Å². The van der Waals surface area contributed by atoms with Gasteiger partial charge >= 0.3 is 5.69 Å². The van der Waals surface area contributed by atoms with Gasteiger partial charge in [-0.1, -0.05) is 6.92 Å². The van der Waals surface area contributed by atoms with Crippen LogP contribution in [0.3, 0.4) is 0 Å². The predicted molar refractivity (Wildman–Crippen MR) is 105 cm³/mol. The lowest BCUT2D eigenvalue weighted by Crippen LogP contribution is -2.43. The largest absolute Gasteiger partial charge is 0.350 e. The molecule has 0 bridgehead atoms. The molecule has 2 aromatic heterocycles. The molecule has 0 saturated carbocycles. The van der Waals surface area contributed by atoms with Crippen LogP contribution in [0.15, 0.2) is 15.7 Å². The minimum absolute atomic E-state index is 0. The molecule has 10 heteroatoms. The number of rotatable bonds is 3. The van der Waals surface area contributed by atoms with Crippen LogP contribution in [0.25, 0.3) is 11.0 Å². The van der Waals surface area contributed by atoms with Gasteiger partial charge in [0, 0.05) is 6.54 Å². The summed E-state index contributed by atoms with van der Waals surface area (Å²) in [6.45, 7) is 6.33. The van der Waals surface area contributed by atoms with Crippen molar-refractivity contribution in [3.8, 4) is 0 Å². The van der Waals surface area contributed by atoms with Crippen molar-refractivity contribution < 1.29 is 4.79 Å². The number of nitrogens with zero attached hydrogens (tertiary/aromatic N) is 1. The number of H-pyrrole nitrogens is 2. The number of carbonyl (C=O) groups excluding carboxylic acids is 1. The summed E-state index contributed by atoms with van der Waals surface area (Å²) in [4.78, 5) is 44.5. The Labute approximate surface area is 162 Å². The van der Waals surface area contributed by atoms with Crippen molar-refractivity contribution in [1.82, 2.24) is 25.6 Å². The van der Waals surface area contributed by atoms with Crippen molar-refractivity contribution in [2.75, 3.05) is 19.6 Å². The molecule has 8 nitrogen and oxygen atoms in total. The van der Waals surface area contributed by atoms with Crippen LogP contribution in [0.5, 0.6) is 0 Å². The summed E-state index contributed by atoms with van der Waals surface area (Å²) in [5.74, 6) is -0.305. The number of pyridine rings is 1. The van der Waals surface area contributed by atoms with Gasteiger partial charge in [0.25, 0.3) is 11.5 Å². The molecule has 1 saturated heterocycles. The highest BCUT2D eigenvalue weighted by molar-refractivity contribution is 5.95. The van der Waals surface area contributed by atoms with Gasteiger partial charge in [0.05, 0.1) is 5.39 Å². The van der Waals surface area contributed by atoms with Crippen LogP contribution in [0.2, 0.25) is 0 Å². The van der Waals surface area contributed by atoms with Crippen LogP contribution >= 0.6 is 24.8 Å². The number of piperidine rings is 1. The molecule has 4 N–H and O–H groups in total. The summed E-state index contributed by atoms with van der Waals surface area (Å²) in [6, 6.07) is 1.57. The highest BCUT2D eigenvalue weighted by atomic mass is 35.5. The Bertz CT molecular complexity index is 903. The van der Waals surface area contributed by atoms with Crippen LogP contribution < -0.4 is 21.9 Å². The average molecular weight is 404 g/mol. The van der Waals surface area contributed by atoms with Gasteiger partial charge in [-0.15, -0.1) is 24.8 Å². The van der Waals surface area contributed by atoms with Crippen molar-refractivity contribution in [3.05, 3.63) is 38.2 Å².